The second-order valence-corrected chi connectivity index (χ2v) is 6.71. The van der Waals surface area contributed by atoms with Crippen molar-refractivity contribution in [3.8, 4) is 0 Å². The van der Waals surface area contributed by atoms with Gasteiger partial charge in [0.05, 0.1) is 18.1 Å². The maximum absolute atomic E-state index is 12.3. The Morgan fingerprint density at radius 1 is 1.19 bits per heavy atom. The Morgan fingerprint density at radius 2 is 1.81 bits per heavy atom. The lowest BCUT2D eigenvalue weighted by molar-refractivity contribution is 0.403. The summed E-state index contributed by atoms with van der Waals surface area (Å²) in [7, 11) is 0.0894. The summed E-state index contributed by atoms with van der Waals surface area (Å²) in [6.07, 6.45) is 2.35. The molecule has 1 N–H and O–H groups in total. The lowest BCUT2D eigenvalue weighted by atomic mass is 10.2. The summed E-state index contributed by atoms with van der Waals surface area (Å²) in [5.41, 5.74) is 1.40. The van der Waals surface area contributed by atoms with Crippen molar-refractivity contribution in [2.24, 2.45) is 0 Å². The van der Waals surface area contributed by atoms with Gasteiger partial charge in [0.1, 0.15) is 4.90 Å². The molecule has 1 aromatic heterocycles. The van der Waals surface area contributed by atoms with Gasteiger partial charge in [-0.1, -0.05) is 18.2 Å². The largest absolute Gasteiger partial charge is 0.305 e. The molecule has 1 heterocycles. The standard InChI is InChI=1S/C13H15ClN4O2S/c1-18(2)9-10-5-3-4-6-12(10)17-21(19,20)11-7-15-13(14)16-8-11/h3-8,17H,9H2,1-2H3. The van der Waals surface area contributed by atoms with Crippen LogP contribution in [0.5, 0.6) is 0 Å². The molecule has 0 radical (unpaired) electrons. The van der Waals surface area contributed by atoms with Crippen LogP contribution in [-0.2, 0) is 16.6 Å². The van der Waals surface area contributed by atoms with Crippen molar-refractivity contribution in [2.75, 3.05) is 18.8 Å². The van der Waals surface area contributed by atoms with Gasteiger partial charge in [-0.05, 0) is 37.3 Å². The van der Waals surface area contributed by atoms with Crippen molar-refractivity contribution < 1.29 is 8.42 Å². The van der Waals surface area contributed by atoms with Crippen LogP contribution < -0.4 is 4.72 Å². The minimum absolute atomic E-state index is 0.00181. The van der Waals surface area contributed by atoms with Crippen LogP contribution in [0.15, 0.2) is 41.6 Å². The summed E-state index contributed by atoms with van der Waals surface area (Å²) in [5.74, 6) is 0. The molecule has 2 rings (SSSR count). The van der Waals surface area contributed by atoms with E-state index in [1.807, 2.05) is 31.1 Å². The van der Waals surface area contributed by atoms with Gasteiger partial charge < -0.3 is 4.90 Å². The number of hydrogen-bond donors (Lipinski definition) is 1. The predicted molar refractivity (Wildman–Crippen MR) is 81.7 cm³/mol. The molecule has 0 saturated heterocycles. The molecule has 0 aliphatic rings. The molecule has 0 atom stereocenters. The van der Waals surface area contributed by atoms with Crippen LogP contribution in [0.3, 0.4) is 0 Å². The van der Waals surface area contributed by atoms with E-state index in [1.165, 1.54) is 12.4 Å². The number of benzene rings is 1. The van der Waals surface area contributed by atoms with Gasteiger partial charge >= 0.3 is 0 Å². The van der Waals surface area contributed by atoms with Crippen molar-refractivity contribution in [3.05, 3.63) is 47.5 Å². The van der Waals surface area contributed by atoms with Crippen molar-refractivity contribution in [1.29, 1.82) is 0 Å². The normalized spacial score (nSPS) is 11.6. The molecule has 0 unspecified atom stereocenters. The maximum atomic E-state index is 12.3. The van der Waals surface area contributed by atoms with Gasteiger partial charge in [-0.2, -0.15) is 0 Å². The fraction of sp³-hybridized carbons (Fsp3) is 0.231. The Kier molecular flexibility index (Phi) is 4.76. The maximum Gasteiger partial charge on any atom is 0.264 e. The number of anilines is 1. The van der Waals surface area contributed by atoms with E-state index in [2.05, 4.69) is 14.7 Å². The molecule has 8 heteroatoms. The molecule has 112 valence electrons. The third kappa shape index (κ3) is 4.13. The monoisotopic (exact) mass is 326 g/mol. The third-order valence-corrected chi connectivity index (χ3v) is 4.17. The molecule has 0 aliphatic heterocycles. The first-order chi connectivity index (χ1) is 9.88. The van der Waals surface area contributed by atoms with E-state index < -0.39 is 10.0 Å². The fourth-order valence-corrected chi connectivity index (χ4v) is 2.83. The summed E-state index contributed by atoms with van der Waals surface area (Å²) < 4.78 is 27.2. The van der Waals surface area contributed by atoms with E-state index in [-0.39, 0.29) is 10.2 Å². The van der Waals surface area contributed by atoms with Gasteiger partial charge in [0.25, 0.3) is 10.0 Å². The number of nitrogens with zero attached hydrogens (tertiary/aromatic N) is 3. The topological polar surface area (TPSA) is 75.2 Å². The summed E-state index contributed by atoms with van der Waals surface area (Å²) in [4.78, 5) is 9.29. The van der Waals surface area contributed by atoms with Gasteiger partial charge in [-0.25, -0.2) is 18.4 Å². The van der Waals surface area contributed by atoms with Gasteiger partial charge in [-0.15, -0.1) is 0 Å². The average molecular weight is 327 g/mol. The molecule has 0 fully saturated rings. The van der Waals surface area contributed by atoms with Crippen molar-refractivity contribution in [1.82, 2.24) is 14.9 Å². The predicted octanol–water partition coefficient (Wildman–Crippen LogP) is 1.99. The quantitative estimate of drug-likeness (QED) is 0.850. The molecule has 0 saturated carbocycles. The number of nitrogens with one attached hydrogen (secondary N) is 1. The van der Waals surface area contributed by atoms with Crippen molar-refractivity contribution in [3.63, 3.8) is 0 Å². The Labute approximate surface area is 128 Å². The summed E-state index contributed by atoms with van der Waals surface area (Å²) >= 11 is 5.56. The number of aromatic nitrogens is 2. The third-order valence-electron chi connectivity index (χ3n) is 2.66. The number of para-hydroxylation sites is 1. The van der Waals surface area contributed by atoms with E-state index in [4.69, 9.17) is 11.6 Å². The molecule has 0 aliphatic carbocycles. The van der Waals surface area contributed by atoms with Crippen LogP contribution >= 0.6 is 11.6 Å². The highest BCUT2D eigenvalue weighted by atomic mass is 35.5. The van der Waals surface area contributed by atoms with Crippen LogP contribution in [0.25, 0.3) is 0 Å². The Balaban J connectivity index is 2.30. The van der Waals surface area contributed by atoms with E-state index in [0.29, 0.717) is 12.2 Å². The zero-order chi connectivity index (χ0) is 15.5. The molecule has 1 aromatic carbocycles. The van der Waals surface area contributed by atoms with Crippen molar-refractivity contribution in [2.45, 2.75) is 11.4 Å². The van der Waals surface area contributed by atoms with Crippen LogP contribution in [0.2, 0.25) is 5.28 Å². The molecule has 0 bridgehead atoms. The number of rotatable bonds is 5. The second kappa shape index (κ2) is 6.38. The Hall–Kier alpha value is -1.70. The average Bonchev–Trinajstić information content (AvgIpc) is 2.40. The SMILES string of the molecule is CN(C)Cc1ccccc1NS(=O)(=O)c1cnc(Cl)nc1. The van der Waals surface area contributed by atoms with Gasteiger partial charge in [0, 0.05) is 6.54 Å². The summed E-state index contributed by atoms with van der Waals surface area (Å²) in [6.45, 7) is 0.621. The molecule has 2 aromatic rings. The molecule has 0 amide bonds. The highest BCUT2D eigenvalue weighted by molar-refractivity contribution is 7.92. The first-order valence-electron chi connectivity index (χ1n) is 6.11. The van der Waals surface area contributed by atoms with Crippen LogP contribution in [0, 0.1) is 0 Å². The van der Waals surface area contributed by atoms with Gasteiger partial charge in [0.15, 0.2) is 0 Å². The molecule has 21 heavy (non-hydrogen) atoms. The number of hydrogen-bond acceptors (Lipinski definition) is 5. The highest BCUT2D eigenvalue weighted by Crippen LogP contribution is 2.20. The lowest BCUT2D eigenvalue weighted by Gasteiger charge is -2.15. The van der Waals surface area contributed by atoms with Crippen LogP contribution in [0.1, 0.15) is 5.56 Å². The van der Waals surface area contributed by atoms with Crippen molar-refractivity contribution >= 4 is 27.3 Å². The minimum Gasteiger partial charge on any atom is -0.305 e. The van der Waals surface area contributed by atoms with Crippen LogP contribution in [0.4, 0.5) is 5.69 Å². The zero-order valence-electron chi connectivity index (χ0n) is 11.6. The van der Waals surface area contributed by atoms with E-state index in [0.717, 1.165) is 5.56 Å². The van der Waals surface area contributed by atoms with Gasteiger partial charge in [-0.3, -0.25) is 4.72 Å². The summed E-state index contributed by atoms with van der Waals surface area (Å²) in [6, 6.07) is 7.22. The molecule has 6 nitrogen and oxygen atoms in total. The molecule has 0 spiro atoms. The molecular formula is C13H15ClN4O2S. The summed E-state index contributed by atoms with van der Waals surface area (Å²) in [5, 5.41) is 0.00181. The lowest BCUT2D eigenvalue weighted by Crippen LogP contribution is -2.17. The Bertz CT molecular complexity index is 717. The van der Waals surface area contributed by atoms with Gasteiger partial charge in [0.2, 0.25) is 5.28 Å². The number of halogens is 1. The van der Waals surface area contributed by atoms with E-state index >= 15 is 0 Å². The fourth-order valence-electron chi connectivity index (χ4n) is 1.74. The second-order valence-electron chi connectivity index (χ2n) is 4.69. The minimum atomic E-state index is -3.74. The number of sulfonamides is 1. The Morgan fingerprint density at radius 3 is 2.43 bits per heavy atom. The zero-order valence-corrected chi connectivity index (χ0v) is 13.2. The van der Waals surface area contributed by atoms with E-state index in [1.54, 1.807) is 12.1 Å². The highest BCUT2D eigenvalue weighted by Gasteiger charge is 2.17. The molecular weight excluding hydrogens is 312 g/mol. The smallest absolute Gasteiger partial charge is 0.264 e. The first kappa shape index (κ1) is 15.7. The first-order valence-corrected chi connectivity index (χ1v) is 7.97. The van der Waals surface area contributed by atoms with Crippen LogP contribution in [-0.4, -0.2) is 37.4 Å². The van der Waals surface area contributed by atoms with E-state index in [9.17, 15) is 8.42 Å².